The van der Waals surface area contributed by atoms with Crippen molar-refractivity contribution < 1.29 is 23.4 Å². The molecule has 3 heterocycles. The number of piperidine rings is 1. The van der Waals surface area contributed by atoms with E-state index in [4.69, 9.17) is 18.6 Å². The molecule has 202 valence electrons. The number of carbonyl (C=O) groups excluding carboxylic acids is 1. The quantitative estimate of drug-likeness (QED) is 0.274. The molecule has 2 aromatic carbocycles. The van der Waals surface area contributed by atoms with Crippen LogP contribution in [0.25, 0.3) is 22.2 Å². The topological polar surface area (TPSA) is 99.0 Å². The van der Waals surface area contributed by atoms with Crippen LogP contribution in [0.4, 0.5) is 11.5 Å². The van der Waals surface area contributed by atoms with E-state index in [1.807, 2.05) is 42.5 Å². The Morgan fingerprint density at radius 1 is 1.08 bits per heavy atom. The highest BCUT2D eigenvalue weighted by Gasteiger charge is 2.24. The van der Waals surface area contributed by atoms with Gasteiger partial charge in [-0.3, -0.25) is 4.79 Å². The van der Waals surface area contributed by atoms with Crippen molar-refractivity contribution in [3.05, 3.63) is 67.2 Å². The van der Waals surface area contributed by atoms with Crippen molar-refractivity contribution in [2.45, 2.75) is 32.3 Å². The number of carbonyl (C=O) groups is 1. The standard InChI is InChI=1S/C30H32N4O5/c1-5-20-8-10-25(38-20)19-7-9-26(36-3)24(15-19)33-30-22-16-28(27(37-4)17-23(22)31-18-32-30)39-21-11-13-34(14-12-21)29(35)6-2/h6-10,15-18,21H,2,5,11-14H2,1,3-4H3,(H,31,32,33). The summed E-state index contributed by atoms with van der Waals surface area (Å²) in [6.45, 7) is 6.87. The summed E-state index contributed by atoms with van der Waals surface area (Å²) < 4.78 is 23.6. The number of hydrogen-bond donors (Lipinski definition) is 1. The third-order valence-electron chi connectivity index (χ3n) is 6.89. The van der Waals surface area contributed by atoms with Gasteiger partial charge in [0.1, 0.15) is 35.5 Å². The van der Waals surface area contributed by atoms with Gasteiger partial charge >= 0.3 is 0 Å². The summed E-state index contributed by atoms with van der Waals surface area (Å²) >= 11 is 0. The van der Waals surface area contributed by atoms with Crippen molar-refractivity contribution in [1.82, 2.24) is 14.9 Å². The molecule has 0 radical (unpaired) electrons. The molecule has 4 aromatic rings. The van der Waals surface area contributed by atoms with Crippen LogP contribution in [0.2, 0.25) is 0 Å². The van der Waals surface area contributed by atoms with Crippen LogP contribution in [0.3, 0.4) is 0 Å². The minimum absolute atomic E-state index is 0.0515. The third kappa shape index (κ3) is 5.52. The minimum atomic E-state index is -0.0538. The Hall–Kier alpha value is -4.53. The lowest BCUT2D eigenvalue weighted by molar-refractivity contribution is -0.127. The van der Waals surface area contributed by atoms with Crippen LogP contribution < -0.4 is 19.5 Å². The van der Waals surface area contributed by atoms with E-state index >= 15 is 0 Å². The van der Waals surface area contributed by atoms with Gasteiger partial charge in [0.2, 0.25) is 5.91 Å². The minimum Gasteiger partial charge on any atom is -0.495 e. The first kappa shape index (κ1) is 26.1. The van der Waals surface area contributed by atoms with Gasteiger partial charge in [0.25, 0.3) is 0 Å². The first-order valence-electron chi connectivity index (χ1n) is 13.0. The average molecular weight is 529 g/mol. The van der Waals surface area contributed by atoms with E-state index in [2.05, 4.69) is 28.8 Å². The SMILES string of the molecule is C=CC(=O)N1CCC(Oc2cc3c(Nc4cc(-c5ccc(CC)o5)ccc4OC)ncnc3cc2OC)CC1. The number of anilines is 2. The molecule has 2 aromatic heterocycles. The molecule has 1 amide bonds. The van der Waals surface area contributed by atoms with E-state index in [0.717, 1.165) is 34.6 Å². The van der Waals surface area contributed by atoms with Crippen LogP contribution in [0.1, 0.15) is 25.5 Å². The van der Waals surface area contributed by atoms with Crippen LogP contribution in [-0.2, 0) is 11.2 Å². The molecule has 9 nitrogen and oxygen atoms in total. The van der Waals surface area contributed by atoms with Crippen molar-refractivity contribution >= 4 is 28.3 Å². The van der Waals surface area contributed by atoms with Crippen LogP contribution in [0.5, 0.6) is 17.2 Å². The number of methoxy groups -OCH3 is 2. The molecular formula is C30H32N4O5. The average Bonchev–Trinajstić information content (AvgIpc) is 3.46. The van der Waals surface area contributed by atoms with Crippen molar-refractivity contribution in [1.29, 1.82) is 0 Å². The zero-order valence-corrected chi connectivity index (χ0v) is 22.4. The molecule has 1 aliphatic heterocycles. The van der Waals surface area contributed by atoms with Gasteiger partial charge < -0.3 is 28.8 Å². The number of amides is 1. The van der Waals surface area contributed by atoms with Gasteiger partial charge in [0.15, 0.2) is 11.5 Å². The largest absolute Gasteiger partial charge is 0.495 e. The molecular weight excluding hydrogens is 496 g/mol. The molecule has 0 bridgehead atoms. The maximum absolute atomic E-state index is 11.9. The molecule has 0 aliphatic carbocycles. The summed E-state index contributed by atoms with van der Waals surface area (Å²) in [5, 5.41) is 4.19. The van der Waals surface area contributed by atoms with Gasteiger partial charge in [-0.15, -0.1) is 0 Å². The van der Waals surface area contributed by atoms with Gasteiger partial charge in [-0.2, -0.15) is 0 Å². The van der Waals surface area contributed by atoms with E-state index in [1.165, 1.54) is 12.4 Å². The first-order valence-corrected chi connectivity index (χ1v) is 13.0. The number of furan rings is 1. The second-order valence-electron chi connectivity index (χ2n) is 9.25. The molecule has 9 heteroatoms. The Kier molecular flexibility index (Phi) is 7.67. The van der Waals surface area contributed by atoms with Crippen molar-refractivity contribution in [3.8, 4) is 28.6 Å². The number of rotatable bonds is 9. The fraction of sp³-hybridized carbons (Fsp3) is 0.300. The zero-order chi connectivity index (χ0) is 27.4. The number of nitrogens with one attached hydrogen (secondary N) is 1. The predicted molar refractivity (Wildman–Crippen MR) is 150 cm³/mol. The van der Waals surface area contributed by atoms with E-state index in [1.54, 1.807) is 19.1 Å². The fourth-order valence-corrected chi connectivity index (χ4v) is 4.73. The van der Waals surface area contributed by atoms with Crippen LogP contribution >= 0.6 is 0 Å². The molecule has 39 heavy (non-hydrogen) atoms. The molecule has 1 fully saturated rings. The molecule has 1 N–H and O–H groups in total. The normalized spacial score (nSPS) is 13.8. The maximum atomic E-state index is 11.9. The molecule has 0 saturated carbocycles. The number of likely N-dealkylation sites (tertiary alicyclic amines) is 1. The number of benzene rings is 2. The van der Waals surface area contributed by atoms with E-state index in [0.29, 0.717) is 54.5 Å². The molecule has 5 rings (SSSR count). The third-order valence-corrected chi connectivity index (χ3v) is 6.89. The number of ether oxygens (including phenoxy) is 3. The monoisotopic (exact) mass is 528 g/mol. The van der Waals surface area contributed by atoms with Crippen molar-refractivity contribution in [2.75, 3.05) is 32.6 Å². The smallest absolute Gasteiger partial charge is 0.245 e. The second-order valence-corrected chi connectivity index (χ2v) is 9.25. The van der Waals surface area contributed by atoms with Crippen LogP contribution in [0.15, 0.2) is 65.9 Å². The van der Waals surface area contributed by atoms with Gasteiger partial charge in [-0.25, -0.2) is 9.97 Å². The molecule has 0 atom stereocenters. The van der Waals surface area contributed by atoms with Gasteiger partial charge in [-0.05, 0) is 42.5 Å². The molecule has 1 aliphatic rings. The van der Waals surface area contributed by atoms with E-state index < -0.39 is 0 Å². The summed E-state index contributed by atoms with van der Waals surface area (Å²) in [5.41, 5.74) is 2.36. The highest BCUT2D eigenvalue weighted by Crippen LogP contribution is 2.38. The Morgan fingerprint density at radius 2 is 1.87 bits per heavy atom. The molecule has 0 spiro atoms. The Balaban J connectivity index is 1.45. The fourth-order valence-electron chi connectivity index (χ4n) is 4.73. The van der Waals surface area contributed by atoms with E-state index in [9.17, 15) is 4.79 Å². The summed E-state index contributed by atoms with van der Waals surface area (Å²) in [4.78, 5) is 22.7. The summed E-state index contributed by atoms with van der Waals surface area (Å²) in [6, 6.07) is 13.5. The number of hydrogen-bond acceptors (Lipinski definition) is 8. The number of fused-ring (bicyclic) bond motifs is 1. The highest BCUT2D eigenvalue weighted by atomic mass is 16.5. The Morgan fingerprint density at radius 3 is 2.56 bits per heavy atom. The Bertz CT molecular complexity index is 1490. The van der Waals surface area contributed by atoms with Gasteiger partial charge in [0, 0.05) is 49.4 Å². The summed E-state index contributed by atoms with van der Waals surface area (Å²) in [7, 11) is 3.24. The van der Waals surface area contributed by atoms with E-state index in [-0.39, 0.29) is 12.0 Å². The number of aromatic nitrogens is 2. The van der Waals surface area contributed by atoms with Crippen LogP contribution in [-0.4, -0.2) is 54.2 Å². The van der Waals surface area contributed by atoms with Gasteiger partial charge in [-0.1, -0.05) is 13.5 Å². The predicted octanol–water partition coefficient (Wildman–Crippen LogP) is 5.77. The Labute approximate surface area is 227 Å². The summed E-state index contributed by atoms with van der Waals surface area (Å²) in [5.74, 6) is 4.10. The lowest BCUT2D eigenvalue weighted by Crippen LogP contribution is -2.41. The number of aryl methyl sites for hydroxylation is 1. The molecule has 0 unspecified atom stereocenters. The van der Waals surface area contributed by atoms with Crippen LogP contribution in [0, 0.1) is 0 Å². The van der Waals surface area contributed by atoms with Gasteiger partial charge in [0.05, 0.1) is 25.4 Å². The second kappa shape index (κ2) is 11.5. The maximum Gasteiger partial charge on any atom is 0.245 e. The van der Waals surface area contributed by atoms with Crippen molar-refractivity contribution in [2.24, 2.45) is 0 Å². The van der Waals surface area contributed by atoms with Crippen molar-refractivity contribution in [3.63, 3.8) is 0 Å². The molecule has 1 saturated heterocycles. The first-order chi connectivity index (χ1) is 19.0. The zero-order valence-electron chi connectivity index (χ0n) is 22.4. The highest BCUT2D eigenvalue weighted by molar-refractivity contribution is 5.93. The summed E-state index contributed by atoms with van der Waals surface area (Å²) in [6.07, 6.45) is 5.07. The lowest BCUT2D eigenvalue weighted by Gasteiger charge is -2.31. The number of nitrogens with zero attached hydrogens (tertiary/aromatic N) is 3. The lowest BCUT2D eigenvalue weighted by atomic mass is 10.1.